The summed E-state index contributed by atoms with van der Waals surface area (Å²) >= 11 is 0. The number of imidazole rings is 1. The van der Waals surface area contributed by atoms with E-state index in [2.05, 4.69) is 37.0 Å². The molecule has 0 fully saturated rings. The van der Waals surface area contributed by atoms with Crippen molar-refractivity contribution in [1.82, 2.24) is 19.5 Å². The molecule has 0 radical (unpaired) electrons. The lowest BCUT2D eigenvalue weighted by atomic mass is 10.1. The molecule has 0 bridgehead atoms. The Morgan fingerprint density at radius 1 is 0.846 bits per heavy atom. The van der Waals surface area contributed by atoms with Crippen molar-refractivity contribution >= 4 is 11.5 Å². The van der Waals surface area contributed by atoms with E-state index in [-0.39, 0.29) is 0 Å². The number of anilines is 2. The first-order chi connectivity index (χ1) is 12.7. The van der Waals surface area contributed by atoms with Crippen LogP contribution in [0.2, 0.25) is 0 Å². The molecule has 0 aliphatic rings. The second-order valence-corrected chi connectivity index (χ2v) is 6.11. The van der Waals surface area contributed by atoms with E-state index in [1.54, 1.807) is 6.33 Å². The molecule has 4 aromatic rings. The van der Waals surface area contributed by atoms with Crippen LogP contribution in [0.1, 0.15) is 5.82 Å². The Hall–Kier alpha value is -3.47. The lowest BCUT2D eigenvalue weighted by molar-refractivity contribution is 0.865. The molecule has 0 saturated carbocycles. The van der Waals surface area contributed by atoms with E-state index < -0.39 is 0 Å². The van der Waals surface area contributed by atoms with Gasteiger partial charge in [0.15, 0.2) is 0 Å². The molecule has 0 spiro atoms. The molecule has 26 heavy (non-hydrogen) atoms. The van der Waals surface area contributed by atoms with Crippen molar-refractivity contribution in [3.05, 3.63) is 79.0 Å². The van der Waals surface area contributed by atoms with E-state index in [4.69, 9.17) is 0 Å². The molecule has 0 saturated heterocycles. The fourth-order valence-corrected chi connectivity index (χ4v) is 2.87. The van der Waals surface area contributed by atoms with Crippen molar-refractivity contribution in [3.8, 4) is 22.5 Å². The monoisotopic (exact) mass is 341 g/mol. The molecule has 5 nitrogen and oxygen atoms in total. The first-order valence-electron chi connectivity index (χ1n) is 8.44. The Labute approximate surface area is 152 Å². The van der Waals surface area contributed by atoms with E-state index in [9.17, 15) is 0 Å². The molecule has 5 heteroatoms. The van der Waals surface area contributed by atoms with Gasteiger partial charge in [0, 0.05) is 29.9 Å². The highest BCUT2D eigenvalue weighted by molar-refractivity contribution is 5.70. The maximum Gasteiger partial charge on any atom is 0.134 e. The van der Waals surface area contributed by atoms with Crippen LogP contribution >= 0.6 is 0 Å². The van der Waals surface area contributed by atoms with Gasteiger partial charge < -0.3 is 9.88 Å². The summed E-state index contributed by atoms with van der Waals surface area (Å²) in [6, 6.07) is 20.3. The smallest absolute Gasteiger partial charge is 0.134 e. The van der Waals surface area contributed by atoms with Gasteiger partial charge in [0.25, 0.3) is 0 Å². The number of aromatic nitrogens is 4. The van der Waals surface area contributed by atoms with Gasteiger partial charge in [-0.2, -0.15) is 0 Å². The van der Waals surface area contributed by atoms with E-state index >= 15 is 0 Å². The van der Waals surface area contributed by atoms with Crippen LogP contribution in [0.3, 0.4) is 0 Å². The van der Waals surface area contributed by atoms with Crippen molar-refractivity contribution in [3.63, 3.8) is 0 Å². The number of nitrogens with one attached hydrogen (secondary N) is 1. The molecule has 1 N–H and O–H groups in total. The lowest BCUT2D eigenvalue weighted by Crippen LogP contribution is -1.97. The Kier molecular flexibility index (Phi) is 4.19. The average molecular weight is 341 g/mol. The minimum absolute atomic E-state index is 0.761. The van der Waals surface area contributed by atoms with Crippen molar-refractivity contribution in [1.29, 1.82) is 0 Å². The Balaban J connectivity index is 1.62. The van der Waals surface area contributed by atoms with Crippen LogP contribution in [0, 0.1) is 6.92 Å². The summed E-state index contributed by atoms with van der Waals surface area (Å²) in [6.07, 6.45) is 3.48. The standard InChI is InChI=1S/C21H19N5/c1-15-22-13-20(26(15)2)17-9-6-10-18(11-17)25-21-12-19(23-14-24-21)16-7-4-3-5-8-16/h3-14H,1-2H3,(H,23,24,25). The molecule has 0 atom stereocenters. The molecule has 4 rings (SSSR count). The quantitative estimate of drug-likeness (QED) is 0.589. The molecular formula is C21H19N5. The maximum atomic E-state index is 4.37. The number of benzene rings is 2. The van der Waals surface area contributed by atoms with Crippen LogP contribution in [0.15, 0.2) is 73.2 Å². The van der Waals surface area contributed by atoms with Gasteiger partial charge in [0.1, 0.15) is 18.0 Å². The molecule has 0 amide bonds. The van der Waals surface area contributed by atoms with Crippen LogP contribution in [0.4, 0.5) is 11.5 Å². The van der Waals surface area contributed by atoms with Gasteiger partial charge in [0.05, 0.1) is 17.6 Å². The third-order valence-corrected chi connectivity index (χ3v) is 4.39. The summed E-state index contributed by atoms with van der Waals surface area (Å²) in [5.41, 5.74) is 5.12. The van der Waals surface area contributed by atoms with Gasteiger partial charge in [-0.3, -0.25) is 0 Å². The summed E-state index contributed by atoms with van der Waals surface area (Å²) in [6.45, 7) is 2.00. The average Bonchev–Trinajstić information content (AvgIpc) is 3.02. The minimum atomic E-state index is 0.761. The third-order valence-electron chi connectivity index (χ3n) is 4.39. The summed E-state index contributed by atoms with van der Waals surface area (Å²) in [5, 5.41) is 3.37. The summed E-state index contributed by atoms with van der Waals surface area (Å²) in [7, 11) is 2.02. The van der Waals surface area contributed by atoms with E-state index in [0.717, 1.165) is 39.8 Å². The van der Waals surface area contributed by atoms with Crippen molar-refractivity contribution in [2.75, 3.05) is 5.32 Å². The zero-order chi connectivity index (χ0) is 17.9. The molecule has 2 aromatic heterocycles. The van der Waals surface area contributed by atoms with E-state index in [1.165, 1.54) is 0 Å². The van der Waals surface area contributed by atoms with Crippen LogP contribution in [0.5, 0.6) is 0 Å². The molecule has 0 aliphatic heterocycles. The zero-order valence-electron chi connectivity index (χ0n) is 14.7. The SMILES string of the molecule is Cc1ncc(-c2cccc(Nc3cc(-c4ccccc4)ncn3)c2)n1C. The second-order valence-electron chi connectivity index (χ2n) is 6.11. The summed E-state index contributed by atoms with van der Waals surface area (Å²) in [5.74, 6) is 1.75. The van der Waals surface area contributed by atoms with Gasteiger partial charge in [-0.05, 0) is 19.1 Å². The van der Waals surface area contributed by atoms with E-state index in [0.29, 0.717) is 0 Å². The van der Waals surface area contributed by atoms with Crippen molar-refractivity contribution < 1.29 is 0 Å². The third kappa shape index (κ3) is 3.19. The summed E-state index contributed by atoms with van der Waals surface area (Å²) in [4.78, 5) is 13.1. The number of nitrogens with zero attached hydrogens (tertiary/aromatic N) is 4. The molecule has 128 valence electrons. The van der Waals surface area contributed by atoms with Gasteiger partial charge >= 0.3 is 0 Å². The first-order valence-corrected chi connectivity index (χ1v) is 8.44. The zero-order valence-corrected chi connectivity index (χ0v) is 14.7. The fourth-order valence-electron chi connectivity index (χ4n) is 2.87. The molecule has 0 aliphatic carbocycles. The van der Waals surface area contributed by atoms with Crippen LogP contribution in [0.25, 0.3) is 22.5 Å². The summed E-state index contributed by atoms with van der Waals surface area (Å²) < 4.78 is 2.08. The maximum absolute atomic E-state index is 4.37. The number of rotatable bonds is 4. The van der Waals surface area contributed by atoms with Gasteiger partial charge in [-0.1, -0.05) is 42.5 Å². The number of aryl methyl sites for hydroxylation is 1. The lowest BCUT2D eigenvalue weighted by Gasteiger charge is -2.09. The highest BCUT2D eigenvalue weighted by atomic mass is 15.1. The van der Waals surface area contributed by atoms with Gasteiger partial charge in [-0.25, -0.2) is 15.0 Å². The fraction of sp³-hybridized carbons (Fsp3) is 0.0952. The highest BCUT2D eigenvalue weighted by Crippen LogP contribution is 2.25. The second kappa shape index (κ2) is 6.80. The predicted octanol–water partition coefficient (Wildman–Crippen LogP) is 4.60. The normalized spacial score (nSPS) is 10.7. The van der Waals surface area contributed by atoms with Crippen LogP contribution in [-0.2, 0) is 7.05 Å². The Morgan fingerprint density at radius 2 is 1.65 bits per heavy atom. The molecule has 2 heterocycles. The van der Waals surface area contributed by atoms with Crippen LogP contribution < -0.4 is 5.32 Å². The highest BCUT2D eigenvalue weighted by Gasteiger charge is 2.07. The largest absolute Gasteiger partial charge is 0.340 e. The number of hydrogen-bond donors (Lipinski definition) is 1. The minimum Gasteiger partial charge on any atom is -0.340 e. The molecule has 2 aromatic carbocycles. The van der Waals surface area contributed by atoms with Gasteiger partial charge in [0.2, 0.25) is 0 Å². The Morgan fingerprint density at radius 3 is 2.42 bits per heavy atom. The number of hydrogen-bond acceptors (Lipinski definition) is 4. The van der Waals surface area contributed by atoms with Gasteiger partial charge in [-0.15, -0.1) is 0 Å². The Bertz CT molecular complexity index is 1040. The van der Waals surface area contributed by atoms with Crippen LogP contribution in [-0.4, -0.2) is 19.5 Å². The predicted molar refractivity (Wildman–Crippen MR) is 104 cm³/mol. The molecular weight excluding hydrogens is 322 g/mol. The first kappa shape index (κ1) is 16.0. The molecule has 0 unspecified atom stereocenters. The van der Waals surface area contributed by atoms with E-state index in [1.807, 2.05) is 68.7 Å². The topological polar surface area (TPSA) is 55.6 Å². The van der Waals surface area contributed by atoms with Crippen molar-refractivity contribution in [2.45, 2.75) is 6.92 Å². The van der Waals surface area contributed by atoms with Crippen molar-refractivity contribution in [2.24, 2.45) is 7.05 Å².